The molecule has 0 saturated heterocycles. The van der Waals surface area contributed by atoms with Crippen molar-refractivity contribution in [1.82, 2.24) is 10.2 Å². The molecule has 1 aromatic heterocycles. The van der Waals surface area contributed by atoms with Gasteiger partial charge in [-0.3, -0.25) is 10.1 Å². The summed E-state index contributed by atoms with van der Waals surface area (Å²) in [5.41, 5.74) is 1.72. The van der Waals surface area contributed by atoms with Crippen molar-refractivity contribution in [2.24, 2.45) is 0 Å². The molecule has 3 rings (SSSR count). The molecule has 3 aromatic rings. The van der Waals surface area contributed by atoms with Gasteiger partial charge in [-0.2, -0.15) is 0 Å². The van der Waals surface area contributed by atoms with Crippen molar-refractivity contribution < 1.29 is 17.6 Å². The molecular formula is C21H21N3O4S. The van der Waals surface area contributed by atoms with Gasteiger partial charge in [-0.15, -0.1) is 5.10 Å². The molecule has 1 heterocycles. The molecule has 0 spiro atoms. The van der Waals surface area contributed by atoms with Gasteiger partial charge in [-0.1, -0.05) is 47.6 Å². The number of aromatic nitrogens is 2. The summed E-state index contributed by atoms with van der Waals surface area (Å²) >= 11 is 0. The van der Waals surface area contributed by atoms with Gasteiger partial charge in [0.2, 0.25) is 5.89 Å². The van der Waals surface area contributed by atoms with E-state index in [1.54, 1.807) is 44.2 Å². The minimum atomic E-state index is -3.31. The van der Waals surface area contributed by atoms with Crippen LogP contribution in [0.25, 0.3) is 6.08 Å². The molecule has 0 unspecified atom stereocenters. The van der Waals surface area contributed by atoms with Crippen molar-refractivity contribution in [2.75, 3.05) is 5.32 Å². The first-order valence-corrected chi connectivity index (χ1v) is 10.6. The molecule has 0 aliphatic carbocycles. The third kappa shape index (κ3) is 5.39. The second-order valence-electron chi connectivity index (χ2n) is 6.65. The fourth-order valence-corrected chi connectivity index (χ4v) is 3.56. The summed E-state index contributed by atoms with van der Waals surface area (Å²) in [6.45, 7) is 3.29. The van der Waals surface area contributed by atoms with Crippen LogP contribution in [0.15, 0.2) is 70.0 Å². The number of nitrogens with zero attached hydrogens (tertiary/aromatic N) is 2. The van der Waals surface area contributed by atoms with E-state index in [9.17, 15) is 13.2 Å². The molecule has 0 saturated carbocycles. The first kappa shape index (κ1) is 20.5. The zero-order valence-corrected chi connectivity index (χ0v) is 16.9. The molecule has 0 atom stereocenters. The van der Waals surface area contributed by atoms with Gasteiger partial charge in [0.1, 0.15) is 0 Å². The van der Waals surface area contributed by atoms with Crippen LogP contribution in [0.3, 0.4) is 0 Å². The van der Waals surface area contributed by atoms with Gasteiger partial charge in [0.15, 0.2) is 9.84 Å². The highest BCUT2D eigenvalue weighted by Gasteiger charge is 2.19. The third-order valence-electron chi connectivity index (χ3n) is 4.15. The number of carbonyl (C=O) groups excluding carboxylic acids is 1. The predicted octanol–water partition coefficient (Wildman–Crippen LogP) is 3.49. The summed E-state index contributed by atoms with van der Waals surface area (Å²) in [7, 11) is -3.31. The molecule has 1 N–H and O–H groups in total. The SMILES string of the molecule is CC(C)S(=O)(=O)c1ccc(Cc2nnc(NC(=O)/C=C/c3ccccc3)o2)cc1. The van der Waals surface area contributed by atoms with Crippen LogP contribution in [0, 0.1) is 0 Å². The van der Waals surface area contributed by atoms with Crippen LogP contribution in [0.1, 0.15) is 30.9 Å². The fourth-order valence-electron chi connectivity index (χ4n) is 2.50. The quantitative estimate of drug-likeness (QED) is 0.597. The maximum Gasteiger partial charge on any atom is 0.322 e. The van der Waals surface area contributed by atoms with Gasteiger partial charge in [-0.05, 0) is 43.2 Å². The van der Waals surface area contributed by atoms with Crippen LogP contribution in [-0.4, -0.2) is 29.8 Å². The minimum absolute atomic E-state index is 0.00159. The van der Waals surface area contributed by atoms with Crippen molar-refractivity contribution in [3.63, 3.8) is 0 Å². The number of anilines is 1. The number of carbonyl (C=O) groups is 1. The van der Waals surface area contributed by atoms with E-state index in [0.717, 1.165) is 11.1 Å². The van der Waals surface area contributed by atoms with Crippen LogP contribution < -0.4 is 5.32 Å². The highest BCUT2D eigenvalue weighted by atomic mass is 32.2. The average molecular weight is 411 g/mol. The lowest BCUT2D eigenvalue weighted by Crippen LogP contribution is -2.13. The van der Waals surface area contributed by atoms with E-state index in [4.69, 9.17) is 4.42 Å². The van der Waals surface area contributed by atoms with Crippen LogP contribution >= 0.6 is 0 Å². The number of hydrogen-bond donors (Lipinski definition) is 1. The van der Waals surface area contributed by atoms with Gasteiger partial charge in [0, 0.05) is 6.08 Å². The molecule has 150 valence electrons. The summed E-state index contributed by atoms with van der Waals surface area (Å²) in [4.78, 5) is 12.2. The number of rotatable bonds is 7. The van der Waals surface area contributed by atoms with Crippen LogP contribution in [0.2, 0.25) is 0 Å². The maximum absolute atomic E-state index is 12.2. The van der Waals surface area contributed by atoms with Crippen molar-refractivity contribution in [2.45, 2.75) is 30.4 Å². The third-order valence-corrected chi connectivity index (χ3v) is 6.32. The van der Waals surface area contributed by atoms with Gasteiger partial charge in [0.05, 0.1) is 16.6 Å². The number of sulfone groups is 1. The number of benzene rings is 2. The number of nitrogens with one attached hydrogen (secondary N) is 1. The number of hydrogen-bond acceptors (Lipinski definition) is 6. The Morgan fingerprint density at radius 1 is 1.07 bits per heavy atom. The maximum atomic E-state index is 12.2. The first-order valence-electron chi connectivity index (χ1n) is 9.04. The van der Waals surface area contributed by atoms with E-state index >= 15 is 0 Å². The van der Waals surface area contributed by atoms with Crippen LogP contribution in [0.5, 0.6) is 0 Å². The molecule has 0 bridgehead atoms. The van der Waals surface area contributed by atoms with Gasteiger partial charge < -0.3 is 4.42 Å². The fraction of sp³-hybridized carbons (Fsp3) is 0.190. The molecule has 7 nitrogen and oxygen atoms in total. The molecule has 0 aliphatic heterocycles. The highest BCUT2D eigenvalue weighted by molar-refractivity contribution is 7.92. The molecule has 0 aliphatic rings. The van der Waals surface area contributed by atoms with Gasteiger partial charge >= 0.3 is 6.01 Å². The van der Waals surface area contributed by atoms with Crippen molar-refractivity contribution in [3.8, 4) is 0 Å². The van der Waals surface area contributed by atoms with E-state index in [0.29, 0.717) is 12.3 Å². The Labute approximate surface area is 169 Å². The minimum Gasteiger partial charge on any atom is -0.407 e. The normalized spacial score (nSPS) is 11.8. The van der Waals surface area contributed by atoms with Crippen LogP contribution in [-0.2, 0) is 21.1 Å². The largest absolute Gasteiger partial charge is 0.407 e. The zero-order valence-electron chi connectivity index (χ0n) is 16.1. The molecule has 8 heteroatoms. The first-order chi connectivity index (χ1) is 13.8. The van der Waals surface area contributed by atoms with Gasteiger partial charge in [-0.25, -0.2) is 8.42 Å². The predicted molar refractivity (Wildman–Crippen MR) is 110 cm³/mol. The Kier molecular flexibility index (Phi) is 6.23. The molecule has 0 radical (unpaired) electrons. The lowest BCUT2D eigenvalue weighted by molar-refractivity contribution is -0.112. The Morgan fingerprint density at radius 3 is 2.41 bits per heavy atom. The second kappa shape index (κ2) is 8.83. The lowest BCUT2D eigenvalue weighted by atomic mass is 10.1. The topological polar surface area (TPSA) is 102 Å². The summed E-state index contributed by atoms with van der Waals surface area (Å²) in [6.07, 6.45) is 3.39. The summed E-state index contributed by atoms with van der Waals surface area (Å²) in [5.74, 6) is -0.0703. The lowest BCUT2D eigenvalue weighted by Gasteiger charge is -2.08. The second-order valence-corrected chi connectivity index (χ2v) is 9.15. The van der Waals surface area contributed by atoms with E-state index in [1.165, 1.54) is 6.08 Å². The Balaban J connectivity index is 1.60. The standard InChI is InChI=1S/C21H21N3O4S/c1-15(2)29(26,27)18-11-8-17(9-12-18)14-20-23-24-21(28-20)22-19(25)13-10-16-6-4-3-5-7-16/h3-13,15H,14H2,1-2H3,(H,22,24,25)/b13-10+. The van der Waals surface area contributed by atoms with Gasteiger partial charge in [0.25, 0.3) is 5.91 Å². The molecule has 1 amide bonds. The van der Waals surface area contributed by atoms with Crippen molar-refractivity contribution >= 4 is 27.8 Å². The van der Waals surface area contributed by atoms with Crippen molar-refractivity contribution in [3.05, 3.63) is 77.7 Å². The average Bonchev–Trinajstić information content (AvgIpc) is 3.14. The Hall–Kier alpha value is -3.26. The van der Waals surface area contributed by atoms with Crippen molar-refractivity contribution in [1.29, 1.82) is 0 Å². The van der Waals surface area contributed by atoms with E-state index in [-0.39, 0.29) is 16.8 Å². The highest BCUT2D eigenvalue weighted by Crippen LogP contribution is 2.18. The number of amides is 1. The molecule has 0 fully saturated rings. The Morgan fingerprint density at radius 2 is 1.76 bits per heavy atom. The molecular weight excluding hydrogens is 390 g/mol. The Bertz CT molecular complexity index is 1100. The summed E-state index contributed by atoms with van der Waals surface area (Å²) in [6, 6.07) is 16.0. The van der Waals surface area contributed by atoms with E-state index < -0.39 is 15.1 Å². The molecule has 2 aromatic carbocycles. The zero-order chi connectivity index (χ0) is 20.9. The van der Waals surface area contributed by atoms with E-state index in [1.807, 2.05) is 30.3 Å². The smallest absolute Gasteiger partial charge is 0.322 e. The summed E-state index contributed by atoms with van der Waals surface area (Å²) < 4.78 is 29.8. The monoisotopic (exact) mass is 411 g/mol. The van der Waals surface area contributed by atoms with E-state index in [2.05, 4.69) is 15.5 Å². The summed E-state index contributed by atoms with van der Waals surface area (Å²) in [5, 5.41) is 9.75. The van der Waals surface area contributed by atoms with Crippen LogP contribution in [0.4, 0.5) is 6.01 Å². The molecule has 29 heavy (non-hydrogen) atoms.